The maximum atomic E-state index is 12.9. The number of halogens is 1. The lowest BCUT2D eigenvalue weighted by atomic mass is 10.1. The van der Waals surface area contributed by atoms with Gasteiger partial charge in [0, 0.05) is 24.0 Å². The van der Waals surface area contributed by atoms with E-state index in [1.54, 1.807) is 24.0 Å². The number of aryl methyl sites for hydroxylation is 1. The van der Waals surface area contributed by atoms with Crippen molar-refractivity contribution >= 4 is 23.4 Å². The molecule has 0 aliphatic carbocycles. The molecule has 0 saturated carbocycles. The van der Waals surface area contributed by atoms with Crippen molar-refractivity contribution in [1.29, 1.82) is 0 Å². The highest BCUT2D eigenvalue weighted by Gasteiger charge is 2.26. The Balaban J connectivity index is 2.12. The van der Waals surface area contributed by atoms with Crippen LogP contribution in [0.15, 0.2) is 54.6 Å². The predicted octanol–water partition coefficient (Wildman–Crippen LogP) is 4.21. The molecule has 0 heterocycles. The van der Waals surface area contributed by atoms with Crippen molar-refractivity contribution in [3.63, 3.8) is 0 Å². The van der Waals surface area contributed by atoms with Crippen LogP contribution in [-0.4, -0.2) is 28.8 Å². The minimum atomic E-state index is -0.550. The number of carbonyl (C=O) groups excluding carboxylic acids is 2. The van der Waals surface area contributed by atoms with E-state index in [0.29, 0.717) is 24.4 Å². The largest absolute Gasteiger partial charge is 0.352 e. The number of hydrogen-bond donors (Lipinski definition) is 1. The second-order valence-electron chi connectivity index (χ2n) is 6.97. The molecule has 5 heteroatoms. The first-order chi connectivity index (χ1) is 12.9. The van der Waals surface area contributed by atoms with Crippen LogP contribution in [0.2, 0.25) is 5.02 Å². The number of carbonyl (C=O) groups is 2. The molecule has 1 N–H and O–H groups in total. The van der Waals surface area contributed by atoms with Crippen LogP contribution in [0.5, 0.6) is 0 Å². The van der Waals surface area contributed by atoms with E-state index in [1.807, 2.05) is 56.3 Å². The van der Waals surface area contributed by atoms with Crippen LogP contribution in [0.25, 0.3) is 0 Å². The number of nitrogens with one attached hydrogen (secondary N) is 1. The SMILES string of the molecule is CC(C)NC(=O)[C@H](C)N(Cc1ccc(Cl)cc1)C(=O)CCc1ccccc1. The first-order valence-corrected chi connectivity index (χ1v) is 9.63. The molecule has 0 aliphatic rings. The molecule has 0 fully saturated rings. The van der Waals surface area contributed by atoms with Gasteiger partial charge in [0.1, 0.15) is 6.04 Å². The van der Waals surface area contributed by atoms with Crippen LogP contribution in [0.3, 0.4) is 0 Å². The normalized spacial score (nSPS) is 11.9. The summed E-state index contributed by atoms with van der Waals surface area (Å²) in [5.41, 5.74) is 2.05. The fraction of sp³-hybridized carbons (Fsp3) is 0.364. The Kier molecular flexibility index (Phi) is 7.86. The van der Waals surface area contributed by atoms with E-state index in [2.05, 4.69) is 5.32 Å². The number of nitrogens with zero attached hydrogens (tertiary/aromatic N) is 1. The monoisotopic (exact) mass is 386 g/mol. The van der Waals surface area contributed by atoms with Gasteiger partial charge in [-0.2, -0.15) is 0 Å². The van der Waals surface area contributed by atoms with Crippen LogP contribution >= 0.6 is 11.6 Å². The van der Waals surface area contributed by atoms with E-state index in [4.69, 9.17) is 11.6 Å². The Morgan fingerprint density at radius 1 is 0.963 bits per heavy atom. The van der Waals surface area contributed by atoms with Crippen molar-refractivity contribution in [3.8, 4) is 0 Å². The summed E-state index contributed by atoms with van der Waals surface area (Å²) in [5.74, 6) is -0.188. The lowest BCUT2D eigenvalue weighted by molar-refractivity contribution is -0.140. The van der Waals surface area contributed by atoms with Crippen LogP contribution in [0.4, 0.5) is 0 Å². The molecule has 0 unspecified atom stereocenters. The lowest BCUT2D eigenvalue weighted by Gasteiger charge is -2.29. The fourth-order valence-electron chi connectivity index (χ4n) is 2.81. The van der Waals surface area contributed by atoms with Gasteiger partial charge in [0.2, 0.25) is 11.8 Å². The standard InChI is InChI=1S/C22H27ClN2O2/c1-16(2)24-22(27)17(3)25(15-19-9-12-20(23)13-10-19)21(26)14-11-18-7-5-4-6-8-18/h4-10,12-13,16-17H,11,14-15H2,1-3H3,(H,24,27)/t17-/m0/s1. The highest BCUT2D eigenvalue weighted by atomic mass is 35.5. The molecule has 0 radical (unpaired) electrons. The highest BCUT2D eigenvalue weighted by Crippen LogP contribution is 2.15. The summed E-state index contributed by atoms with van der Waals surface area (Å²) in [4.78, 5) is 27.1. The van der Waals surface area contributed by atoms with E-state index in [0.717, 1.165) is 11.1 Å². The van der Waals surface area contributed by atoms with Gasteiger partial charge >= 0.3 is 0 Å². The first-order valence-electron chi connectivity index (χ1n) is 9.25. The molecule has 2 aromatic rings. The average molecular weight is 387 g/mol. The summed E-state index contributed by atoms with van der Waals surface area (Å²) in [5, 5.41) is 3.54. The van der Waals surface area contributed by atoms with E-state index in [-0.39, 0.29) is 17.9 Å². The molecule has 0 spiro atoms. The summed E-state index contributed by atoms with van der Waals surface area (Å²) in [6.45, 7) is 5.96. The van der Waals surface area contributed by atoms with Gasteiger partial charge < -0.3 is 10.2 Å². The van der Waals surface area contributed by atoms with E-state index in [9.17, 15) is 9.59 Å². The Hall–Kier alpha value is -2.33. The van der Waals surface area contributed by atoms with Gasteiger partial charge in [0.15, 0.2) is 0 Å². The predicted molar refractivity (Wildman–Crippen MR) is 110 cm³/mol. The number of rotatable bonds is 8. The van der Waals surface area contributed by atoms with Crippen molar-refractivity contribution in [1.82, 2.24) is 10.2 Å². The van der Waals surface area contributed by atoms with Crippen molar-refractivity contribution in [2.75, 3.05) is 0 Å². The second kappa shape index (κ2) is 10.1. The Bertz CT molecular complexity index is 745. The zero-order valence-corrected chi connectivity index (χ0v) is 16.9. The third-order valence-corrected chi connectivity index (χ3v) is 4.59. The summed E-state index contributed by atoms with van der Waals surface area (Å²) < 4.78 is 0. The fourth-order valence-corrected chi connectivity index (χ4v) is 2.94. The van der Waals surface area contributed by atoms with E-state index < -0.39 is 6.04 Å². The Labute approximate surface area is 166 Å². The molecule has 2 rings (SSSR count). The van der Waals surface area contributed by atoms with Gasteiger partial charge in [-0.25, -0.2) is 0 Å². The van der Waals surface area contributed by atoms with Crippen molar-refractivity contribution in [2.45, 2.75) is 52.2 Å². The third-order valence-electron chi connectivity index (χ3n) is 4.33. The van der Waals surface area contributed by atoms with Crippen LogP contribution < -0.4 is 5.32 Å². The summed E-state index contributed by atoms with van der Waals surface area (Å²) in [6.07, 6.45) is 1.01. The number of amides is 2. The molecule has 2 aromatic carbocycles. The zero-order valence-electron chi connectivity index (χ0n) is 16.1. The Morgan fingerprint density at radius 2 is 1.59 bits per heavy atom. The molecule has 144 valence electrons. The molecule has 0 aliphatic heterocycles. The quantitative estimate of drug-likeness (QED) is 0.738. The van der Waals surface area contributed by atoms with Gasteiger partial charge in [-0.05, 0) is 50.5 Å². The number of hydrogen-bond acceptors (Lipinski definition) is 2. The minimum Gasteiger partial charge on any atom is -0.352 e. The third kappa shape index (κ3) is 6.72. The van der Waals surface area contributed by atoms with Crippen LogP contribution in [-0.2, 0) is 22.6 Å². The Morgan fingerprint density at radius 3 is 2.19 bits per heavy atom. The lowest BCUT2D eigenvalue weighted by Crippen LogP contribution is -2.49. The smallest absolute Gasteiger partial charge is 0.242 e. The second-order valence-corrected chi connectivity index (χ2v) is 7.41. The van der Waals surface area contributed by atoms with Gasteiger partial charge in [0.25, 0.3) is 0 Å². The summed E-state index contributed by atoms with van der Waals surface area (Å²) in [7, 11) is 0. The first kappa shape index (κ1) is 21.0. The molecular weight excluding hydrogens is 360 g/mol. The highest BCUT2D eigenvalue weighted by molar-refractivity contribution is 6.30. The number of benzene rings is 2. The van der Waals surface area contributed by atoms with Crippen molar-refractivity contribution in [3.05, 3.63) is 70.7 Å². The molecule has 0 aromatic heterocycles. The average Bonchev–Trinajstić information content (AvgIpc) is 2.65. The summed E-state index contributed by atoms with van der Waals surface area (Å²) in [6, 6.07) is 16.7. The van der Waals surface area contributed by atoms with E-state index >= 15 is 0 Å². The molecule has 27 heavy (non-hydrogen) atoms. The van der Waals surface area contributed by atoms with E-state index in [1.165, 1.54) is 0 Å². The summed E-state index contributed by atoms with van der Waals surface area (Å²) >= 11 is 5.95. The molecule has 2 amide bonds. The van der Waals surface area contributed by atoms with Crippen molar-refractivity contribution < 1.29 is 9.59 Å². The van der Waals surface area contributed by atoms with Crippen LogP contribution in [0.1, 0.15) is 38.3 Å². The molecule has 0 bridgehead atoms. The zero-order chi connectivity index (χ0) is 19.8. The van der Waals surface area contributed by atoms with Gasteiger partial charge in [-0.1, -0.05) is 54.1 Å². The maximum Gasteiger partial charge on any atom is 0.242 e. The van der Waals surface area contributed by atoms with Gasteiger partial charge in [-0.3, -0.25) is 9.59 Å². The molecule has 0 saturated heterocycles. The topological polar surface area (TPSA) is 49.4 Å². The molecule has 4 nitrogen and oxygen atoms in total. The molecule has 1 atom stereocenters. The van der Waals surface area contributed by atoms with Gasteiger partial charge in [-0.15, -0.1) is 0 Å². The van der Waals surface area contributed by atoms with Crippen molar-refractivity contribution in [2.24, 2.45) is 0 Å². The van der Waals surface area contributed by atoms with Crippen LogP contribution in [0, 0.1) is 0 Å². The molecular formula is C22H27ClN2O2. The minimum absolute atomic E-state index is 0.0248. The van der Waals surface area contributed by atoms with Gasteiger partial charge in [0.05, 0.1) is 0 Å². The maximum absolute atomic E-state index is 12.9.